The highest BCUT2D eigenvalue weighted by atomic mass is 16.5. The first kappa shape index (κ1) is 16.4. The van der Waals surface area contributed by atoms with E-state index < -0.39 is 0 Å². The maximum Gasteiger partial charge on any atom is 0.120 e. The number of allylic oxidation sites excluding steroid dienone is 1. The molecule has 0 heterocycles. The van der Waals surface area contributed by atoms with Crippen LogP contribution in [0.3, 0.4) is 0 Å². The summed E-state index contributed by atoms with van der Waals surface area (Å²) in [7, 11) is 3.51. The second kappa shape index (κ2) is 7.90. The van der Waals surface area contributed by atoms with E-state index in [1.165, 1.54) is 0 Å². The Bertz CT molecular complexity index is 727. The van der Waals surface area contributed by atoms with E-state index in [1.807, 2.05) is 62.5 Å². The van der Waals surface area contributed by atoms with E-state index in [9.17, 15) is 5.26 Å². The number of anilines is 2. The highest BCUT2D eigenvalue weighted by Crippen LogP contribution is 2.29. The molecule has 0 radical (unpaired) electrons. The number of methoxy groups -OCH3 is 1. The highest BCUT2D eigenvalue weighted by molar-refractivity contribution is 5.94. The van der Waals surface area contributed by atoms with Crippen LogP contribution in [0.2, 0.25) is 0 Å². The summed E-state index contributed by atoms with van der Waals surface area (Å²) in [6.07, 6.45) is 1.89. The second-order valence-electron chi connectivity index (χ2n) is 4.98. The number of rotatable bonds is 6. The molecule has 2 rings (SSSR count). The number of ether oxygens (including phenoxy) is 1. The van der Waals surface area contributed by atoms with Gasteiger partial charge in [0, 0.05) is 36.6 Å². The van der Waals surface area contributed by atoms with Gasteiger partial charge in [0.15, 0.2) is 0 Å². The molecule has 0 fully saturated rings. The fraction of sp³-hybridized carbons (Fsp3) is 0.211. The van der Waals surface area contributed by atoms with Gasteiger partial charge in [0.2, 0.25) is 0 Å². The van der Waals surface area contributed by atoms with Crippen LogP contribution in [0.15, 0.2) is 42.5 Å². The van der Waals surface area contributed by atoms with Crippen LogP contribution >= 0.6 is 0 Å². The number of hydrogen-bond donors (Lipinski definition) is 2. The van der Waals surface area contributed by atoms with Gasteiger partial charge in [-0.3, -0.25) is 0 Å². The normalized spacial score (nSPS) is 10.8. The lowest BCUT2D eigenvalue weighted by Gasteiger charge is -2.12. The molecule has 0 saturated heterocycles. The number of benzene rings is 2. The third-order valence-electron chi connectivity index (χ3n) is 3.51. The lowest BCUT2D eigenvalue weighted by Crippen LogP contribution is -2.01. The quantitative estimate of drug-likeness (QED) is 0.619. The minimum atomic E-state index is 0.612. The minimum absolute atomic E-state index is 0.612. The Labute approximate surface area is 137 Å². The monoisotopic (exact) mass is 307 g/mol. The van der Waals surface area contributed by atoms with Crippen LogP contribution in [0.25, 0.3) is 11.6 Å². The fourth-order valence-corrected chi connectivity index (χ4v) is 2.30. The standard InChI is InChI=1S/C19H21N3O/c1-4-22-19-12-17(23-3)9-10-18(19)15(13-20)11-14-5-7-16(21-2)8-6-14/h5-12,21-22H,4H2,1-3H3/b15-11+. The zero-order chi connectivity index (χ0) is 16.7. The van der Waals surface area contributed by atoms with E-state index in [-0.39, 0.29) is 0 Å². The summed E-state index contributed by atoms with van der Waals surface area (Å²) in [5.74, 6) is 0.764. The summed E-state index contributed by atoms with van der Waals surface area (Å²) in [5.41, 5.74) is 4.40. The van der Waals surface area contributed by atoms with Gasteiger partial charge in [-0.15, -0.1) is 0 Å². The number of hydrogen-bond acceptors (Lipinski definition) is 4. The number of nitrogens with zero attached hydrogens (tertiary/aromatic N) is 1. The molecule has 118 valence electrons. The molecule has 0 aliphatic rings. The van der Waals surface area contributed by atoms with Crippen molar-refractivity contribution in [3.63, 3.8) is 0 Å². The predicted octanol–water partition coefficient (Wildman–Crippen LogP) is 4.23. The van der Waals surface area contributed by atoms with Gasteiger partial charge in [-0.05, 0) is 42.8 Å². The van der Waals surface area contributed by atoms with E-state index in [0.29, 0.717) is 5.57 Å². The molecule has 23 heavy (non-hydrogen) atoms. The van der Waals surface area contributed by atoms with Crippen molar-refractivity contribution in [2.24, 2.45) is 0 Å². The first-order valence-electron chi connectivity index (χ1n) is 7.53. The Balaban J connectivity index is 2.43. The molecule has 2 N–H and O–H groups in total. The molecule has 0 bridgehead atoms. The first-order valence-corrected chi connectivity index (χ1v) is 7.53. The van der Waals surface area contributed by atoms with Gasteiger partial charge < -0.3 is 15.4 Å². The predicted molar refractivity (Wildman–Crippen MR) is 96.6 cm³/mol. The van der Waals surface area contributed by atoms with Crippen molar-refractivity contribution in [1.29, 1.82) is 5.26 Å². The number of nitriles is 1. The zero-order valence-corrected chi connectivity index (χ0v) is 13.7. The van der Waals surface area contributed by atoms with Crippen molar-refractivity contribution in [2.45, 2.75) is 6.92 Å². The first-order chi connectivity index (χ1) is 11.2. The molecule has 0 saturated carbocycles. The van der Waals surface area contributed by atoms with Gasteiger partial charge >= 0.3 is 0 Å². The molecular formula is C19H21N3O. The van der Waals surface area contributed by atoms with Gasteiger partial charge in [0.1, 0.15) is 5.75 Å². The van der Waals surface area contributed by atoms with Crippen molar-refractivity contribution >= 4 is 23.0 Å². The summed E-state index contributed by atoms with van der Waals surface area (Å²) in [4.78, 5) is 0. The minimum Gasteiger partial charge on any atom is -0.497 e. The van der Waals surface area contributed by atoms with Crippen molar-refractivity contribution < 1.29 is 4.74 Å². The topological polar surface area (TPSA) is 57.1 Å². The van der Waals surface area contributed by atoms with E-state index in [1.54, 1.807) is 7.11 Å². The maximum absolute atomic E-state index is 9.57. The van der Waals surface area contributed by atoms with Crippen molar-refractivity contribution in [1.82, 2.24) is 0 Å². The summed E-state index contributed by atoms with van der Waals surface area (Å²) in [5, 5.41) is 15.9. The Morgan fingerprint density at radius 3 is 2.52 bits per heavy atom. The number of nitrogens with one attached hydrogen (secondary N) is 2. The van der Waals surface area contributed by atoms with Crippen LogP contribution < -0.4 is 15.4 Å². The molecule has 4 heteroatoms. The molecule has 0 spiro atoms. The molecule has 0 atom stereocenters. The fourth-order valence-electron chi connectivity index (χ4n) is 2.30. The van der Waals surface area contributed by atoms with Gasteiger partial charge in [0.25, 0.3) is 0 Å². The Morgan fingerprint density at radius 1 is 1.22 bits per heavy atom. The van der Waals surface area contributed by atoms with Crippen LogP contribution in [0.5, 0.6) is 5.75 Å². The van der Waals surface area contributed by atoms with Gasteiger partial charge in [-0.25, -0.2) is 0 Å². The smallest absolute Gasteiger partial charge is 0.120 e. The van der Waals surface area contributed by atoms with Crippen LogP contribution in [0.4, 0.5) is 11.4 Å². The van der Waals surface area contributed by atoms with Crippen molar-refractivity contribution in [3.8, 4) is 11.8 Å². The SMILES string of the molecule is CCNc1cc(OC)ccc1/C(C#N)=C/c1ccc(NC)cc1. The molecular weight excluding hydrogens is 286 g/mol. The zero-order valence-electron chi connectivity index (χ0n) is 13.7. The van der Waals surface area contributed by atoms with Crippen LogP contribution in [-0.4, -0.2) is 20.7 Å². The average molecular weight is 307 g/mol. The lowest BCUT2D eigenvalue weighted by atomic mass is 10.0. The molecule has 0 aliphatic heterocycles. The molecule has 4 nitrogen and oxygen atoms in total. The summed E-state index contributed by atoms with van der Waals surface area (Å²) in [6, 6.07) is 15.9. The van der Waals surface area contributed by atoms with Crippen molar-refractivity contribution in [3.05, 3.63) is 53.6 Å². The second-order valence-corrected chi connectivity index (χ2v) is 4.98. The Hall–Kier alpha value is -2.93. The third-order valence-corrected chi connectivity index (χ3v) is 3.51. The van der Waals surface area contributed by atoms with Gasteiger partial charge in [-0.1, -0.05) is 12.1 Å². The summed E-state index contributed by atoms with van der Waals surface area (Å²) < 4.78 is 5.26. The maximum atomic E-state index is 9.57. The lowest BCUT2D eigenvalue weighted by molar-refractivity contribution is 0.415. The third kappa shape index (κ3) is 4.04. The van der Waals surface area contributed by atoms with Crippen molar-refractivity contribution in [2.75, 3.05) is 31.3 Å². The van der Waals surface area contributed by atoms with E-state index in [0.717, 1.165) is 34.8 Å². The van der Waals surface area contributed by atoms with E-state index in [4.69, 9.17) is 4.74 Å². The molecule has 2 aromatic carbocycles. The largest absolute Gasteiger partial charge is 0.497 e. The molecule has 0 amide bonds. The molecule has 2 aromatic rings. The van der Waals surface area contributed by atoms with Crippen LogP contribution in [-0.2, 0) is 0 Å². The average Bonchev–Trinajstić information content (AvgIpc) is 2.60. The molecule has 0 aliphatic carbocycles. The van der Waals surface area contributed by atoms with E-state index >= 15 is 0 Å². The Morgan fingerprint density at radius 2 is 1.96 bits per heavy atom. The van der Waals surface area contributed by atoms with E-state index in [2.05, 4.69) is 16.7 Å². The van der Waals surface area contributed by atoms with Crippen LogP contribution in [0.1, 0.15) is 18.1 Å². The summed E-state index contributed by atoms with van der Waals surface area (Å²) >= 11 is 0. The Kier molecular flexibility index (Phi) is 5.65. The molecule has 0 unspecified atom stereocenters. The highest BCUT2D eigenvalue weighted by Gasteiger charge is 2.09. The van der Waals surface area contributed by atoms with Gasteiger partial charge in [-0.2, -0.15) is 5.26 Å². The van der Waals surface area contributed by atoms with Gasteiger partial charge in [0.05, 0.1) is 18.8 Å². The molecule has 0 aromatic heterocycles. The summed E-state index contributed by atoms with van der Waals surface area (Å²) in [6.45, 7) is 2.80. The van der Waals surface area contributed by atoms with Crippen LogP contribution in [0, 0.1) is 11.3 Å².